The molecule has 1 amide bonds. The van der Waals surface area contributed by atoms with Crippen molar-refractivity contribution in [1.29, 1.82) is 0 Å². The van der Waals surface area contributed by atoms with Crippen LogP contribution in [0.4, 0.5) is 0 Å². The van der Waals surface area contributed by atoms with Gasteiger partial charge in [0.25, 0.3) is 0 Å². The first-order chi connectivity index (χ1) is 12.5. The van der Waals surface area contributed by atoms with Gasteiger partial charge in [-0.25, -0.2) is 0 Å². The Morgan fingerprint density at radius 1 is 1.04 bits per heavy atom. The van der Waals surface area contributed by atoms with Crippen molar-refractivity contribution < 1.29 is 4.79 Å². The highest BCUT2D eigenvalue weighted by Crippen LogP contribution is 2.26. The molecule has 1 aromatic carbocycles. The molecular formula is C21H34N4O. The van der Waals surface area contributed by atoms with E-state index in [4.69, 9.17) is 0 Å². The summed E-state index contributed by atoms with van der Waals surface area (Å²) in [7, 11) is 2.14. The predicted molar refractivity (Wildman–Crippen MR) is 106 cm³/mol. The molecule has 2 saturated heterocycles. The van der Waals surface area contributed by atoms with Gasteiger partial charge in [0.15, 0.2) is 0 Å². The number of piperidine rings is 1. The van der Waals surface area contributed by atoms with Gasteiger partial charge in [-0.2, -0.15) is 0 Å². The molecule has 0 aliphatic carbocycles. The first kappa shape index (κ1) is 19.3. The number of carbonyl (C=O) groups is 1. The lowest BCUT2D eigenvalue weighted by atomic mass is 9.85. The fourth-order valence-corrected chi connectivity index (χ4v) is 4.23. The number of rotatable bonds is 5. The van der Waals surface area contributed by atoms with Crippen molar-refractivity contribution in [3.63, 3.8) is 0 Å². The van der Waals surface area contributed by atoms with Gasteiger partial charge in [-0.15, -0.1) is 0 Å². The third-order valence-corrected chi connectivity index (χ3v) is 5.72. The lowest BCUT2D eigenvalue weighted by Gasteiger charge is -2.45. The van der Waals surface area contributed by atoms with E-state index in [1.165, 1.54) is 5.56 Å². The van der Waals surface area contributed by atoms with Gasteiger partial charge in [0, 0.05) is 51.9 Å². The quantitative estimate of drug-likeness (QED) is 0.871. The molecular weight excluding hydrogens is 324 g/mol. The highest BCUT2D eigenvalue weighted by atomic mass is 16.2. The summed E-state index contributed by atoms with van der Waals surface area (Å²) in [4.78, 5) is 20.3. The summed E-state index contributed by atoms with van der Waals surface area (Å²) >= 11 is 0. The van der Waals surface area contributed by atoms with Crippen molar-refractivity contribution in [1.82, 2.24) is 20.0 Å². The second-order valence-electron chi connectivity index (χ2n) is 8.24. The maximum atomic E-state index is 13.4. The van der Waals surface area contributed by atoms with Crippen molar-refractivity contribution in [3.05, 3.63) is 35.9 Å². The zero-order chi connectivity index (χ0) is 18.6. The van der Waals surface area contributed by atoms with Crippen LogP contribution in [0.25, 0.3) is 0 Å². The van der Waals surface area contributed by atoms with E-state index in [0.29, 0.717) is 11.9 Å². The second-order valence-corrected chi connectivity index (χ2v) is 8.24. The Bertz CT molecular complexity index is 573. The van der Waals surface area contributed by atoms with Gasteiger partial charge in [0.2, 0.25) is 5.91 Å². The third kappa shape index (κ3) is 4.64. The zero-order valence-electron chi connectivity index (χ0n) is 16.6. The molecule has 0 saturated carbocycles. The van der Waals surface area contributed by atoms with Crippen molar-refractivity contribution in [2.24, 2.45) is 0 Å². The minimum Gasteiger partial charge on any atom is -0.339 e. The molecule has 144 valence electrons. The van der Waals surface area contributed by atoms with Crippen LogP contribution in [0.2, 0.25) is 0 Å². The lowest BCUT2D eigenvalue weighted by Crippen LogP contribution is -2.65. The molecule has 2 fully saturated rings. The Hall–Kier alpha value is -1.43. The van der Waals surface area contributed by atoms with E-state index in [1.54, 1.807) is 0 Å². The van der Waals surface area contributed by atoms with Crippen LogP contribution >= 0.6 is 0 Å². The molecule has 0 spiro atoms. The van der Waals surface area contributed by atoms with Crippen LogP contribution in [-0.2, 0) is 11.3 Å². The fraction of sp³-hybridized carbons (Fsp3) is 0.667. The normalized spacial score (nSPS) is 21.9. The summed E-state index contributed by atoms with van der Waals surface area (Å²) in [6, 6.07) is 10.9. The van der Waals surface area contributed by atoms with E-state index in [0.717, 1.165) is 58.7 Å². The summed E-state index contributed by atoms with van der Waals surface area (Å²) < 4.78 is 0. The summed E-state index contributed by atoms with van der Waals surface area (Å²) in [5.41, 5.74) is 0.975. The van der Waals surface area contributed by atoms with Crippen molar-refractivity contribution >= 4 is 5.91 Å². The first-order valence-electron chi connectivity index (χ1n) is 10.0. The molecule has 0 unspecified atom stereocenters. The molecule has 0 radical (unpaired) electrons. The average Bonchev–Trinajstić information content (AvgIpc) is 2.64. The molecule has 2 heterocycles. The molecule has 2 aliphatic heterocycles. The van der Waals surface area contributed by atoms with Crippen LogP contribution in [0.1, 0.15) is 32.3 Å². The summed E-state index contributed by atoms with van der Waals surface area (Å²) in [5.74, 6) is 0.318. The minimum absolute atomic E-state index is 0.318. The second kappa shape index (κ2) is 8.51. The van der Waals surface area contributed by atoms with E-state index < -0.39 is 0 Å². The molecule has 0 atom stereocenters. The van der Waals surface area contributed by atoms with Gasteiger partial charge in [-0.3, -0.25) is 9.69 Å². The van der Waals surface area contributed by atoms with Crippen molar-refractivity contribution in [2.45, 2.75) is 44.8 Å². The van der Waals surface area contributed by atoms with Crippen LogP contribution in [0.3, 0.4) is 0 Å². The number of likely N-dealkylation sites (tertiary alicyclic amines) is 1. The molecule has 0 aromatic heterocycles. The summed E-state index contributed by atoms with van der Waals surface area (Å²) in [6.45, 7) is 10.8. The molecule has 26 heavy (non-hydrogen) atoms. The third-order valence-electron chi connectivity index (χ3n) is 5.72. The van der Waals surface area contributed by atoms with E-state index in [-0.39, 0.29) is 5.54 Å². The monoisotopic (exact) mass is 358 g/mol. The Labute approximate surface area is 158 Å². The largest absolute Gasteiger partial charge is 0.339 e. The topological polar surface area (TPSA) is 38.8 Å². The van der Waals surface area contributed by atoms with Gasteiger partial charge < -0.3 is 15.1 Å². The number of nitrogens with one attached hydrogen (secondary N) is 1. The number of hydrogen-bond acceptors (Lipinski definition) is 4. The minimum atomic E-state index is -0.373. The number of hydrogen-bond donors (Lipinski definition) is 1. The fourth-order valence-electron chi connectivity index (χ4n) is 4.23. The maximum absolute atomic E-state index is 13.4. The SMILES string of the molecule is CC(C)NC1(C(=O)N2CCN(Cc3ccccc3)CC2)CCN(C)CC1. The number of nitrogens with zero attached hydrogens (tertiary/aromatic N) is 3. The van der Waals surface area contributed by atoms with Crippen LogP contribution in [0, 0.1) is 0 Å². The number of piperazine rings is 1. The van der Waals surface area contributed by atoms with E-state index in [9.17, 15) is 4.79 Å². The Balaban J connectivity index is 1.59. The summed E-state index contributed by atoms with van der Waals surface area (Å²) in [6.07, 6.45) is 1.81. The predicted octanol–water partition coefficient (Wildman–Crippen LogP) is 1.79. The molecule has 1 aromatic rings. The highest BCUT2D eigenvalue weighted by molar-refractivity contribution is 5.86. The Kier molecular flexibility index (Phi) is 6.33. The standard InChI is InChI=1S/C21H34N4O/c1-18(2)22-21(9-11-23(3)12-10-21)20(26)25-15-13-24(14-16-25)17-19-7-5-4-6-8-19/h4-8,18,22H,9-17H2,1-3H3. The van der Waals surface area contributed by atoms with Crippen LogP contribution in [-0.4, -0.2) is 78.5 Å². The van der Waals surface area contributed by atoms with E-state index >= 15 is 0 Å². The van der Waals surface area contributed by atoms with Crippen molar-refractivity contribution in [3.8, 4) is 0 Å². The number of benzene rings is 1. The van der Waals surface area contributed by atoms with Gasteiger partial charge in [0.1, 0.15) is 5.54 Å². The molecule has 5 nitrogen and oxygen atoms in total. The van der Waals surface area contributed by atoms with E-state index in [2.05, 4.69) is 71.2 Å². The van der Waals surface area contributed by atoms with Crippen molar-refractivity contribution in [2.75, 3.05) is 46.3 Å². The maximum Gasteiger partial charge on any atom is 0.243 e. The lowest BCUT2D eigenvalue weighted by molar-refractivity contribution is -0.142. The van der Waals surface area contributed by atoms with Gasteiger partial charge in [-0.05, 0) is 39.3 Å². The molecule has 5 heteroatoms. The first-order valence-corrected chi connectivity index (χ1v) is 10.0. The number of amides is 1. The smallest absolute Gasteiger partial charge is 0.243 e. The van der Waals surface area contributed by atoms with Gasteiger partial charge in [-0.1, -0.05) is 30.3 Å². The molecule has 3 rings (SSSR count). The van der Waals surface area contributed by atoms with E-state index in [1.807, 2.05) is 0 Å². The highest BCUT2D eigenvalue weighted by Gasteiger charge is 2.43. The molecule has 2 aliphatic rings. The van der Waals surface area contributed by atoms with Crippen LogP contribution < -0.4 is 5.32 Å². The van der Waals surface area contributed by atoms with Gasteiger partial charge >= 0.3 is 0 Å². The molecule has 0 bridgehead atoms. The summed E-state index contributed by atoms with van der Waals surface area (Å²) in [5, 5.41) is 3.63. The number of carbonyl (C=O) groups excluding carboxylic acids is 1. The van der Waals surface area contributed by atoms with Gasteiger partial charge in [0.05, 0.1) is 0 Å². The Morgan fingerprint density at radius 3 is 2.23 bits per heavy atom. The van der Waals surface area contributed by atoms with Crippen LogP contribution in [0.15, 0.2) is 30.3 Å². The average molecular weight is 359 g/mol. The Morgan fingerprint density at radius 2 is 1.65 bits per heavy atom. The van der Waals surface area contributed by atoms with Crippen LogP contribution in [0.5, 0.6) is 0 Å². The zero-order valence-corrected chi connectivity index (χ0v) is 16.6. The molecule has 1 N–H and O–H groups in total.